The van der Waals surface area contributed by atoms with E-state index in [9.17, 15) is 0 Å². The SMILES string of the molecule is CO/N=C1/c2ccccc2-c2ccc(CCCC(=N)OC(C)=N)cc21. The van der Waals surface area contributed by atoms with Gasteiger partial charge in [-0.2, -0.15) is 0 Å². The fourth-order valence-corrected chi connectivity index (χ4v) is 3.13. The van der Waals surface area contributed by atoms with Crippen LogP contribution in [0.4, 0.5) is 0 Å². The Labute approximate surface area is 147 Å². The highest BCUT2D eigenvalue weighted by molar-refractivity contribution is 6.24. The Bertz CT molecular complexity index is 856. The van der Waals surface area contributed by atoms with Crippen LogP contribution < -0.4 is 0 Å². The van der Waals surface area contributed by atoms with Crippen LogP contribution in [0.25, 0.3) is 11.1 Å². The van der Waals surface area contributed by atoms with E-state index in [2.05, 4.69) is 35.5 Å². The molecule has 1 aliphatic rings. The van der Waals surface area contributed by atoms with E-state index in [0.29, 0.717) is 6.42 Å². The van der Waals surface area contributed by atoms with Crippen LogP contribution >= 0.6 is 0 Å². The highest BCUT2D eigenvalue weighted by Crippen LogP contribution is 2.37. The van der Waals surface area contributed by atoms with Crippen LogP contribution in [0.3, 0.4) is 0 Å². The first-order valence-corrected chi connectivity index (χ1v) is 8.25. The third kappa shape index (κ3) is 3.60. The van der Waals surface area contributed by atoms with Gasteiger partial charge in [0.1, 0.15) is 12.8 Å². The smallest absolute Gasteiger partial charge is 0.189 e. The van der Waals surface area contributed by atoms with Crippen molar-refractivity contribution in [3.63, 3.8) is 0 Å². The number of ether oxygens (including phenoxy) is 1. The summed E-state index contributed by atoms with van der Waals surface area (Å²) >= 11 is 0. The molecule has 0 aliphatic heterocycles. The third-order valence-corrected chi connectivity index (χ3v) is 4.14. The number of aryl methyl sites for hydroxylation is 1. The van der Waals surface area contributed by atoms with Crippen molar-refractivity contribution < 1.29 is 9.57 Å². The standard InChI is InChI=1S/C20H21N3O2/c1-13(21)25-19(22)9-5-6-14-10-11-16-15-7-3-4-8-17(15)20(23-24-2)18(16)12-14/h3-4,7-8,10-12,21-22H,5-6,9H2,1-2H3/b21-13?,22-19?,23-20-. The van der Waals surface area contributed by atoms with Crippen molar-refractivity contribution in [2.45, 2.75) is 26.2 Å². The molecule has 0 saturated carbocycles. The van der Waals surface area contributed by atoms with Crippen molar-refractivity contribution >= 4 is 17.5 Å². The molecule has 25 heavy (non-hydrogen) atoms. The number of benzene rings is 2. The number of hydrogen-bond acceptors (Lipinski definition) is 5. The van der Waals surface area contributed by atoms with Gasteiger partial charge in [0.25, 0.3) is 0 Å². The van der Waals surface area contributed by atoms with Crippen LogP contribution in [0.1, 0.15) is 36.5 Å². The molecule has 0 radical (unpaired) electrons. The molecule has 0 unspecified atom stereocenters. The zero-order valence-corrected chi connectivity index (χ0v) is 14.4. The summed E-state index contributed by atoms with van der Waals surface area (Å²) in [6.07, 6.45) is 2.16. The minimum absolute atomic E-state index is 0.0562. The van der Waals surface area contributed by atoms with Gasteiger partial charge in [-0.05, 0) is 35.6 Å². The number of nitrogens with one attached hydrogen (secondary N) is 2. The highest BCUT2D eigenvalue weighted by Gasteiger charge is 2.25. The Hall–Kier alpha value is -2.95. The second-order valence-electron chi connectivity index (χ2n) is 5.98. The molecule has 0 saturated heterocycles. The summed E-state index contributed by atoms with van der Waals surface area (Å²) in [5.41, 5.74) is 6.58. The number of hydrogen-bond donors (Lipinski definition) is 2. The van der Waals surface area contributed by atoms with Crippen molar-refractivity contribution in [1.29, 1.82) is 10.8 Å². The summed E-state index contributed by atoms with van der Waals surface area (Å²) in [4.78, 5) is 5.05. The maximum absolute atomic E-state index is 7.68. The van der Waals surface area contributed by atoms with Crippen LogP contribution in [-0.4, -0.2) is 24.6 Å². The Morgan fingerprint density at radius 1 is 1.00 bits per heavy atom. The lowest BCUT2D eigenvalue weighted by atomic mass is 10.0. The van der Waals surface area contributed by atoms with E-state index in [1.807, 2.05) is 12.1 Å². The topological polar surface area (TPSA) is 78.5 Å². The lowest BCUT2D eigenvalue weighted by Crippen LogP contribution is -2.07. The molecule has 2 N–H and O–H groups in total. The van der Waals surface area contributed by atoms with Crippen molar-refractivity contribution in [3.05, 3.63) is 59.2 Å². The minimum atomic E-state index is 0.0562. The highest BCUT2D eigenvalue weighted by atomic mass is 16.6. The molecule has 1 aliphatic carbocycles. The average molecular weight is 335 g/mol. The minimum Gasteiger partial charge on any atom is -0.430 e. The molecule has 0 heterocycles. The maximum atomic E-state index is 7.68. The predicted octanol–water partition coefficient (Wildman–Crippen LogP) is 4.38. The van der Waals surface area contributed by atoms with Crippen molar-refractivity contribution in [2.75, 3.05) is 7.11 Å². The van der Waals surface area contributed by atoms with Gasteiger partial charge in [-0.15, -0.1) is 0 Å². The van der Waals surface area contributed by atoms with Gasteiger partial charge in [-0.25, -0.2) is 0 Å². The van der Waals surface area contributed by atoms with E-state index >= 15 is 0 Å². The van der Waals surface area contributed by atoms with Gasteiger partial charge in [0.05, 0.1) is 0 Å². The molecule has 0 amide bonds. The molecular formula is C20H21N3O2. The number of nitrogens with zero attached hydrogens (tertiary/aromatic N) is 1. The zero-order chi connectivity index (χ0) is 17.8. The molecule has 2 aromatic carbocycles. The summed E-state index contributed by atoms with van der Waals surface area (Å²) in [6, 6.07) is 14.6. The van der Waals surface area contributed by atoms with Gasteiger partial charge < -0.3 is 9.57 Å². The van der Waals surface area contributed by atoms with Gasteiger partial charge >= 0.3 is 0 Å². The predicted molar refractivity (Wildman–Crippen MR) is 99.7 cm³/mol. The molecule has 5 heteroatoms. The van der Waals surface area contributed by atoms with Crippen molar-refractivity contribution in [3.8, 4) is 11.1 Å². The lowest BCUT2D eigenvalue weighted by molar-refractivity contribution is 0.214. The normalized spacial score (nSPS) is 13.3. The molecule has 0 spiro atoms. The van der Waals surface area contributed by atoms with Gasteiger partial charge in [0, 0.05) is 24.5 Å². The van der Waals surface area contributed by atoms with Crippen LogP contribution in [0.2, 0.25) is 0 Å². The number of fused-ring (bicyclic) bond motifs is 3. The number of oxime groups is 1. The van der Waals surface area contributed by atoms with Gasteiger partial charge in [0.2, 0.25) is 0 Å². The van der Waals surface area contributed by atoms with E-state index in [4.69, 9.17) is 20.4 Å². The summed E-state index contributed by atoms with van der Waals surface area (Å²) in [5, 5.41) is 19.2. The largest absolute Gasteiger partial charge is 0.430 e. The van der Waals surface area contributed by atoms with Gasteiger partial charge in [-0.3, -0.25) is 10.8 Å². The van der Waals surface area contributed by atoms with E-state index in [-0.39, 0.29) is 11.8 Å². The zero-order valence-electron chi connectivity index (χ0n) is 14.4. The Morgan fingerprint density at radius 2 is 1.72 bits per heavy atom. The van der Waals surface area contributed by atoms with E-state index in [1.54, 1.807) is 7.11 Å². The molecule has 0 atom stereocenters. The lowest BCUT2D eigenvalue weighted by Gasteiger charge is -2.07. The van der Waals surface area contributed by atoms with Crippen LogP contribution in [0, 0.1) is 10.8 Å². The summed E-state index contributed by atoms with van der Waals surface area (Å²) in [6.45, 7) is 1.53. The first-order chi connectivity index (χ1) is 12.1. The van der Waals surface area contributed by atoms with Crippen LogP contribution in [0.15, 0.2) is 47.6 Å². The molecule has 3 rings (SSSR count). The Kier molecular flexibility index (Phi) is 4.93. The summed E-state index contributed by atoms with van der Waals surface area (Å²) in [7, 11) is 1.56. The van der Waals surface area contributed by atoms with Gasteiger partial charge in [-0.1, -0.05) is 41.6 Å². The van der Waals surface area contributed by atoms with E-state index < -0.39 is 0 Å². The molecule has 128 valence electrons. The van der Waals surface area contributed by atoms with Crippen LogP contribution in [-0.2, 0) is 16.0 Å². The molecule has 0 fully saturated rings. The molecule has 5 nitrogen and oxygen atoms in total. The van der Waals surface area contributed by atoms with E-state index in [1.165, 1.54) is 23.6 Å². The monoisotopic (exact) mass is 335 g/mol. The fraction of sp³-hybridized carbons (Fsp3) is 0.250. The number of rotatable bonds is 5. The second-order valence-corrected chi connectivity index (χ2v) is 5.98. The first kappa shape index (κ1) is 16.9. The maximum Gasteiger partial charge on any atom is 0.189 e. The summed E-state index contributed by atoms with van der Waals surface area (Å²) in [5.74, 6) is 0.198. The average Bonchev–Trinajstić information content (AvgIpc) is 2.88. The Morgan fingerprint density at radius 3 is 2.44 bits per heavy atom. The fourth-order valence-electron chi connectivity index (χ4n) is 3.13. The molecular weight excluding hydrogens is 314 g/mol. The molecule has 2 aromatic rings. The van der Waals surface area contributed by atoms with Crippen molar-refractivity contribution in [1.82, 2.24) is 0 Å². The quantitative estimate of drug-likeness (QED) is 0.412. The van der Waals surface area contributed by atoms with Gasteiger partial charge in [0.15, 0.2) is 11.8 Å². The van der Waals surface area contributed by atoms with Crippen molar-refractivity contribution in [2.24, 2.45) is 5.16 Å². The molecule has 0 aromatic heterocycles. The third-order valence-electron chi connectivity index (χ3n) is 4.14. The summed E-state index contributed by atoms with van der Waals surface area (Å²) < 4.78 is 4.98. The van der Waals surface area contributed by atoms with E-state index in [0.717, 1.165) is 29.7 Å². The Balaban J connectivity index is 1.78. The second kappa shape index (κ2) is 7.30. The first-order valence-electron chi connectivity index (χ1n) is 8.25. The van der Waals surface area contributed by atoms with Crippen LogP contribution in [0.5, 0.6) is 0 Å². The molecule has 0 bridgehead atoms.